The number of nitrogens with one attached hydrogen (secondary N) is 1. The van der Waals surface area contributed by atoms with Crippen molar-refractivity contribution in [3.8, 4) is 0 Å². The molecule has 0 amide bonds. The minimum atomic E-state index is 0.238. The SMILES string of the molecule is CNCc1ccc(Cl)cc1N1CCN(CCO)CC1. The van der Waals surface area contributed by atoms with Crippen LogP contribution < -0.4 is 10.2 Å². The Hall–Kier alpha value is -0.810. The van der Waals surface area contributed by atoms with Gasteiger partial charge < -0.3 is 15.3 Å². The molecule has 0 aliphatic carbocycles. The lowest BCUT2D eigenvalue weighted by atomic mass is 10.1. The molecule has 0 radical (unpaired) electrons. The van der Waals surface area contributed by atoms with E-state index >= 15 is 0 Å². The van der Waals surface area contributed by atoms with Crippen LogP contribution in [-0.4, -0.2) is 56.4 Å². The van der Waals surface area contributed by atoms with Crippen LogP contribution in [0.15, 0.2) is 18.2 Å². The lowest BCUT2D eigenvalue weighted by molar-refractivity contribution is 0.188. The third kappa shape index (κ3) is 3.83. The fourth-order valence-electron chi connectivity index (χ4n) is 2.53. The van der Waals surface area contributed by atoms with Crippen molar-refractivity contribution >= 4 is 17.3 Å². The van der Waals surface area contributed by atoms with Crippen LogP contribution in [0.5, 0.6) is 0 Å². The molecule has 2 rings (SSSR count). The maximum atomic E-state index is 8.97. The van der Waals surface area contributed by atoms with Crippen LogP contribution in [0.2, 0.25) is 5.02 Å². The molecule has 106 valence electrons. The Bertz CT molecular complexity index is 406. The van der Waals surface area contributed by atoms with E-state index in [-0.39, 0.29) is 6.61 Å². The summed E-state index contributed by atoms with van der Waals surface area (Å²) in [4.78, 5) is 4.67. The van der Waals surface area contributed by atoms with Gasteiger partial charge in [0.05, 0.1) is 6.61 Å². The zero-order valence-corrected chi connectivity index (χ0v) is 12.2. The van der Waals surface area contributed by atoms with Crippen molar-refractivity contribution in [1.82, 2.24) is 10.2 Å². The summed E-state index contributed by atoms with van der Waals surface area (Å²) in [5.41, 5.74) is 2.51. The second-order valence-electron chi connectivity index (χ2n) is 4.86. The molecule has 4 nitrogen and oxygen atoms in total. The van der Waals surface area contributed by atoms with Crippen LogP contribution >= 0.6 is 11.6 Å². The third-order valence-electron chi connectivity index (χ3n) is 3.54. The van der Waals surface area contributed by atoms with Crippen molar-refractivity contribution in [2.24, 2.45) is 0 Å². The molecule has 1 aromatic carbocycles. The van der Waals surface area contributed by atoms with E-state index in [0.29, 0.717) is 0 Å². The second kappa shape index (κ2) is 7.10. The van der Waals surface area contributed by atoms with Crippen molar-refractivity contribution in [3.63, 3.8) is 0 Å². The highest BCUT2D eigenvalue weighted by Gasteiger charge is 2.18. The first-order chi connectivity index (χ1) is 9.24. The van der Waals surface area contributed by atoms with Gasteiger partial charge in [0.1, 0.15) is 0 Å². The van der Waals surface area contributed by atoms with Gasteiger partial charge in [0.2, 0.25) is 0 Å². The summed E-state index contributed by atoms with van der Waals surface area (Å²) in [5, 5.41) is 13.0. The van der Waals surface area contributed by atoms with E-state index in [1.165, 1.54) is 11.3 Å². The summed E-state index contributed by atoms with van der Waals surface area (Å²) in [6, 6.07) is 6.09. The molecule has 0 bridgehead atoms. The van der Waals surface area contributed by atoms with Gasteiger partial charge in [0.15, 0.2) is 0 Å². The van der Waals surface area contributed by atoms with E-state index in [1.807, 2.05) is 13.1 Å². The zero-order valence-electron chi connectivity index (χ0n) is 11.4. The van der Waals surface area contributed by atoms with E-state index in [2.05, 4.69) is 27.2 Å². The average molecular weight is 284 g/mol. The molecular weight excluding hydrogens is 262 g/mol. The second-order valence-corrected chi connectivity index (χ2v) is 5.29. The Labute approximate surface area is 120 Å². The molecule has 0 spiro atoms. The van der Waals surface area contributed by atoms with Crippen molar-refractivity contribution in [3.05, 3.63) is 28.8 Å². The summed E-state index contributed by atoms with van der Waals surface area (Å²) in [6.07, 6.45) is 0. The predicted molar refractivity (Wildman–Crippen MR) is 80.0 cm³/mol. The van der Waals surface area contributed by atoms with Gasteiger partial charge in [-0.25, -0.2) is 0 Å². The molecular formula is C14H22ClN3O. The fourth-order valence-corrected chi connectivity index (χ4v) is 2.69. The maximum absolute atomic E-state index is 8.97. The van der Waals surface area contributed by atoms with Crippen LogP contribution in [0.3, 0.4) is 0 Å². The van der Waals surface area contributed by atoms with Crippen LogP contribution in [0.25, 0.3) is 0 Å². The Morgan fingerprint density at radius 2 is 2.00 bits per heavy atom. The molecule has 1 aliphatic rings. The number of halogens is 1. The van der Waals surface area contributed by atoms with E-state index in [9.17, 15) is 0 Å². The smallest absolute Gasteiger partial charge is 0.0558 e. The summed E-state index contributed by atoms with van der Waals surface area (Å²) < 4.78 is 0. The molecule has 1 aliphatic heterocycles. The highest BCUT2D eigenvalue weighted by atomic mass is 35.5. The number of piperazine rings is 1. The van der Waals surface area contributed by atoms with Gasteiger partial charge >= 0.3 is 0 Å². The molecule has 0 unspecified atom stereocenters. The molecule has 1 saturated heterocycles. The van der Waals surface area contributed by atoms with Gasteiger partial charge in [-0.15, -0.1) is 0 Å². The maximum Gasteiger partial charge on any atom is 0.0558 e. The molecule has 19 heavy (non-hydrogen) atoms. The van der Waals surface area contributed by atoms with Crippen molar-refractivity contribution in [2.45, 2.75) is 6.54 Å². The van der Waals surface area contributed by atoms with E-state index in [1.54, 1.807) is 0 Å². The Morgan fingerprint density at radius 1 is 1.26 bits per heavy atom. The minimum Gasteiger partial charge on any atom is -0.395 e. The lowest BCUT2D eigenvalue weighted by Gasteiger charge is -2.36. The molecule has 1 fully saturated rings. The Kier molecular flexibility index (Phi) is 5.45. The number of benzene rings is 1. The Balaban J connectivity index is 2.07. The summed E-state index contributed by atoms with van der Waals surface area (Å²) >= 11 is 6.12. The first kappa shape index (κ1) is 14.6. The summed E-state index contributed by atoms with van der Waals surface area (Å²) in [5.74, 6) is 0. The number of β-amino-alcohol motifs (C(OH)–C–C–N with tert-alkyl or cyclic N) is 1. The molecule has 0 saturated carbocycles. The van der Waals surface area contributed by atoms with Gasteiger partial charge in [-0.2, -0.15) is 0 Å². The molecule has 5 heteroatoms. The van der Waals surface area contributed by atoms with Gasteiger partial charge in [0.25, 0.3) is 0 Å². The number of aliphatic hydroxyl groups is 1. The highest BCUT2D eigenvalue weighted by molar-refractivity contribution is 6.30. The topological polar surface area (TPSA) is 38.7 Å². The monoisotopic (exact) mass is 283 g/mol. The molecule has 1 aromatic rings. The molecule has 1 heterocycles. The standard InChI is InChI=1S/C14H22ClN3O/c1-16-11-12-2-3-13(15)10-14(12)18-6-4-17(5-7-18)8-9-19/h2-3,10,16,19H,4-9,11H2,1H3. The van der Waals surface area contributed by atoms with Gasteiger partial charge in [-0.3, -0.25) is 4.90 Å². The first-order valence-electron chi connectivity index (χ1n) is 6.76. The van der Waals surface area contributed by atoms with Crippen LogP contribution in [0.4, 0.5) is 5.69 Å². The predicted octanol–water partition coefficient (Wildman–Crippen LogP) is 1.17. The third-order valence-corrected chi connectivity index (χ3v) is 3.78. The molecule has 0 atom stereocenters. The lowest BCUT2D eigenvalue weighted by Crippen LogP contribution is -2.47. The van der Waals surface area contributed by atoms with E-state index in [4.69, 9.17) is 16.7 Å². The van der Waals surface area contributed by atoms with Gasteiger partial charge in [-0.05, 0) is 24.7 Å². The number of nitrogens with zero attached hydrogens (tertiary/aromatic N) is 2. The zero-order chi connectivity index (χ0) is 13.7. The normalized spacial score (nSPS) is 16.9. The molecule has 0 aromatic heterocycles. The first-order valence-corrected chi connectivity index (χ1v) is 7.13. The highest BCUT2D eigenvalue weighted by Crippen LogP contribution is 2.26. The number of hydrogen-bond donors (Lipinski definition) is 2. The van der Waals surface area contributed by atoms with E-state index in [0.717, 1.165) is 44.3 Å². The Morgan fingerprint density at radius 3 is 2.63 bits per heavy atom. The average Bonchev–Trinajstić information content (AvgIpc) is 2.42. The summed E-state index contributed by atoms with van der Waals surface area (Å²) in [7, 11) is 1.96. The van der Waals surface area contributed by atoms with E-state index < -0.39 is 0 Å². The fraction of sp³-hybridized carbons (Fsp3) is 0.571. The number of hydrogen-bond acceptors (Lipinski definition) is 4. The van der Waals surface area contributed by atoms with Crippen LogP contribution in [0.1, 0.15) is 5.56 Å². The van der Waals surface area contributed by atoms with Gasteiger partial charge in [-0.1, -0.05) is 17.7 Å². The number of aliphatic hydroxyl groups excluding tert-OH is 1. The van der Waals surface area contributed by atoms with Gasteiger partial charge in [0, 0.05) is 50.0 Å². The minimum absolute atomic E-state index is 0.238. The largest absolute Gasteiger partial charge is 0.395 e. The van der Waals surface area contributed by atoms with Crippen molar-refractivity contribution < 1.29 is 5.11 Å². The van der Waals surface area contributed by atoms with Crippen molar-refractivity contribution in [1.29, 1.82) is 0 Å². The quantitative estimate of drug-likeness (QED) is 0.851. The molecule has 2 N–H and O–H groups in total. The van der Waals surface area contributed by atoms with Crippen LogP contribution in [-0.2, 0) is 6.54 Å². The van der Waals surface area contributed by atoms with Crippen LogP contribution in [0, 0.1) is 0 Å². The number of rotatable bonds is 5. The number of anilines is 1. The summed E-state index contributed by atoms with van der Waals surface area (Å²) in [6.45, 7) is 5.81. The van der Waals surface area contributed by atoms with Crippen molar-refractivity contribution in [2.75, 3.05) is 51.3 Å².